The van der Waals surface area contributed by atoms with Gasteiger partial charge in [0.1, 0.15) is 18.5 Å². The highest BCUT2D eigenvalue weighted by molar-refractivity contribution is 6.35. The van der Waals surface area contributed by atoms with Gasteiger partial charge < -0.3 is 15.2 Å². The predicted molar refractivity (Wildman–Crippen MR) is 78.4 cm³/mol. The van der Waals surface area contributed by atoms with E-state index >= 15 is 0 Å². The summed E-state index contributed by atoms with van der Waals surface area (Å²) in [6, 6.07) is 5.33. The van der Waals surface area contributed by atoms with Crippen LogP contribution in [0.15, 0.2) is 18.2 Å². The topological polar surface area (TPSA) is 41.5 Å². The van der Waals surface area contributed by atoms with Crippen molar-refractivity contribution in [1.82, 2.24) is 5.32 Å². The Morgan fingerprint density at radius 2 is 2.00 bits per heavy atom. The molecule has 0 saturated heterocycles. The number of halogens is 3. The molecular formula is C12H18Cl3NO2. The van der Waals surface area contributed by atoms with E-state index in [-0.39, 0.29) is 19.0 Å². The molecule has 1 atom stereocenters. The molecule has 0 aromatic heterocycles. The SMILES string of the molecule is CC(C)NCC(O)COc1ccc(Cl)cc1Cl.Cl. The second-order valence-electron chi connectivity index (χ2n) is 4.10. The molecule has 0 spiro atoms. The normalized spacial score (nSPS) is 12.1. The number of hydrogen-bond acceptors (Lipinski definition) is 3. The van der Waals surface area contributed by atoms with E-state index in [2.05, 4.69) is 5.32 Å². The highest BCUT2D eigenvalue weighted by atomic mass is 35.5. The minimum atomic E-state index is -0.566. The summed E-state index contributed by atoms with van der Waals surface area (Å²) in [7, 11) is 0. The fourth-order valence-electron chi connectivity index (χ4n) is 1.21. The monoisotopic (exact) mass is 313 g/mol. The van der Waals surface area contributed by atoms with Gasteiger partial charge >= 0.3 is 0 Å². The second-order valence-corrected chi connectivity index (χ2v) is 4.95. The zero-order valence-corrected chi connectivity index (χ0v) is 12.6. The molecule has 0 bridgehead atoms. The Bertz CT molecular complexity index is 361. The molecule has 1 aromatic carbocycles. The van der Waals surface area contributed by atoms with Crippen LogP contribution in [0.3, 0.4) is 0 Å². The van der Waals surface area contributed by atoms with Crippen molar-refractivity contribution in [1.29, 1.82) is 0 Å². The van der Waals surface area contributed by atoms with Crippen molar-refractivity contribution in [2.24, 2.45) is 0 Å². The van der Waals surface area contributed by atoms with E-state index in [0.717, 1.165) is 0 Å². The number of hydrogen-bond donors (Lipinski definition) is 2. The van der Waals surface area contributed by atoms with Crippen molar-refractivity contribution in [3.63, 3.8) is 0 Å². The van der Waals surface area contributed by atoms with E-state index in [1.54, 1.807) is 18.2 Å². The zero-order valence-electron chi connectivity index (χ0n) is 10.3. The maximum atomic E-state index is 9.65. The Hall–Kier alpha value is -0.190. The molecular weight excluding hydrogens is 296 g/mol. The van der Waals surface area contributed by atoms with Gasteiger partial charge in [-0.1, -0.05) is 37.0 Å². The molecule has 104 valence electrons. The van der Waals surface area contributed by atoms with E-state index in [9.17, 15) is 5.11 Å². The highest BCUT2D eigenvalue weighted by Crippen LogP contribution is 2.27. The predicted octanol–water partition coefficient (Wildman–Crippen LogP) is 3.15. The average molecular weight is 315 g/mol. The number of ether oxygens (including phenoxy) is 1. The van der Waals surface area contributed by atoms with Crippen molar-refractivity contribution < 1.29 is 9.84 Å². The van der Waals surface area contributed by atoms with E-state index < -0.39 is 6.10 Å². The van der Waals surface area contributed by atoms with Gasteiger partial charge in [0.2, 0.25) is 0 Å². The summed E-state index contributed by atoms with van der Waals surface area (Å²) in [4.78, 5) is 0. The lowest BCUT2D eigenvalue weighted by Crippen LogP contribution is -2.35. The Labute approximate surface area is 124 Å². The Kier molecular flexibility index (Phi) is 8.74. The fourth-order valence-corrected chi connectivity index (χ4v) is 1.67. The molecule has 3 nitrogen and oxygen atoms in total. The Balaban J connectivity index is 0.00000289. The molecule has 18 heavy (non-hydrogen) atoms. The summed E-state index contributed by atoms with van der Waals surface area (Å²) < 4.78 is 5.41. The van der Waals surface area contributed by atoms with E-state index in [0.29, 0.717) is 28.4 Å². The van der Waals surface area contributed by atoms with Gasteiger partial charge in [0.15, 0.2) is 0 Å². The maximum absolute atomic E-state index is 9.65. The summed E-state index contributed by atoms with van der Waals surface area (Å²) in [6.07, 6.45) is -0.566. The summed E-state index contributed by atoms with van der Waals surface area (Å²) in [5.74, 6) is 0.527. The number of aliphatic hydroxyl groups excluding tert-OH is 1. The molecule has 0 aliphatic carbocycles. The van der Waals surface area contributed by atoms with Gasteiger partial charge in [0, 0.05) is 17.6 Å². The molecule has 0 aliphatic heterocycles. The summed E-state index contributed by atoms with van der Waals surface area (Å²) in [6.45, 7) is 4.72. The van der Waals surface area contributed by atoms with Crippen molar-refractivity contribution in [3.05, 3.63) is 28.2 Å². The molecule has 2 N–H and O–H groups in total. The van der Waals surface area contributed by atoms with E-state index in [1.165, 1.54) is 0 Å². The molecule has 6 heteroatoms. The second kappa shape index (κ2) is 8.83. The van der Waals surface area contributed by atoms with Crippen LogP contribution in [-0.2, 0) is 0 Å². The third kappa shape index (κ3) is 6.66. The van der Waals surface area contributed by atoms with Crippen molar-refractivity contribution in [2.45, 2.75) is 26.0 Å². The third-order valence-electron chi connectivity index (χ3n) is 2.09. The van der Waals surface area contributed by atoms with E-state index in [4.69, 9.17) is 27.9 Å². The average Bonchev–Trinajstić information content (AvgIpc) is 2.25. The van der Waals surface area contributed by atoms with Gasteiger partial charge in [0.25, 0.3) is 0 Å². The summed E-state index contributed by atoms with van der Waals surface area (Å²) in [5.41, 5.74) is 0. The van der Waals surface area contributed by atoms with Gasteiger partial charge in [0.05, 0.1) is 5.02 Å². The van der Waals surface area contributed by atoms with Gasteiger partial charge in [-0.3, -0.25) is 0 Å². The van der Waals surface area contributed by atoms with Crippen LogP contribution >= 0.6 is 35.6 Å². The quantitative estimate of drug-likeness (QED) is 0.847. The van der Waals surface area contributed by atoms with Crippen LogP contribution in [0.2, 0.25) is 10.0 Å². The minimum absolute atomic E-state index is 0. The fraction of sp³-hybridized carbons (Fsp3) is 0.500. The van der Waals surface area contributed by atoms with Gasteiger partial charge in [-0.25, -0.2) is 0 Å². The molecule has 0 saturated carbocycles. The highest BCUT2D eigenvalue weighted by Gasteiger charge is 2.08. The zero-order chi connectivity index (χ0) is 12.8. The largest absolute Gasteiger partial charge is 0.489 e. The van der Waals surface area contributed by atoms with Gasteiger partial charge in [-0.15, -0.1) is 12.4 Å². The maximum Gasteiger partial charge on any atom is 0.138 e. The Morgan fingerprint density at radius 3 is 2.56 bits per heavy atom. The van der Waals surface area contributed by atoms with Crippen molar-refractivity contribution in [3.8, 4) is 5.75 Å². The van der Waals surface area contributed by atoms with Gasteiger partial charge in [-0.05, 0) is 18.2 Å². The first-order chi connectivity index (χ1) is 7.99. The first-order valence-electron chi connectivity index (χ1n) is 5.48. The van der Waals surface area contributed by atoms with Crippen LogP contribution in [0, 0.1) is 0 Å². The lowest BCUT2D eigenvalue weighted by molar-refractivity contribution is 0.105. The number of nitrogens with one attached hydrogen (secondary N) is 1. The van der Waals surface area contributed by atoms with Crippen LogP contribution in [0.25, 0.3) is 0 Å². The van der Waals surface area contributed by atoms with Crippen molar-refractivity contribution in [2.75, 3.05) is 13.2 Å². The molecule has 0 aliphatic rings. The van der Waals surface area contributed by atoms with Crippen LogP contribution < -0.4 is 10.1 Å². The van der Waals surface area contributed by atoms with E-state index in [1.807, 2.05) is 13.8 Å². The number of rotatable bonds is 6. The minimum Gasteiger partial charge on any atom is -0.489 e. The lowest BCUT2D eigenvalue weighted by Gasteiger charge is -2.15. The van der Waals surface area contributed by atoms with Crippen LogP contribution in [-0.4, -0.2) is 30.4 Å². The van der Waals surface area contributed by atoms with Crippen molar-refractivity contribution >= 4 is 35.6 Å². The number of aliphatic hydroxyl groups is 1. The number of benzene rings is 1. The lowest BCUT2D eigenvalue weighted by atomic mass is 10.3. The van der Waals surface area contributed by atoms with Crippen LogP contribution in [0.4, 0.5) is 0 Å². The molecule has 0 heterocycles. The summed E-state index contributed by atoms with van der Waals surface area (Å²) in [5, 5.41) is 13.8. The molecule has 1 unspecified atom stereocenters. The molecule has 1 aromatic rings. The Morgan fingerprint density at radius 1 is 1.33 bits per heavy atom. The molecule has 1 rings (SSSR count). The molecule has 0 fully saturated rings. The van der Waals surface area contributed by atoms with Gasteiger partial charge in [-0.2, -0.15) is 0 Å². The standard InChI is InChI=1S/C12H17Cl2NO2.ClH/c1-8(2)15-6-10(16)7-17-12-4-3-9(13)5-11(12)14;/h3-5,8,10,15-16H,6-7H2,1-2H3;1H. The first kappa shape index (κ1) is 17.8. The smallest absolute Gasteiger partial charge is 0.138 e. The summed E-state index contributed by atoms with van der Waals surface area (Å²) >= 11 is 11.7. The molecule has 0 radical (unpaired) electrons. The third-order valence-corrected chi connectivity index (χ3v) is 2.62. The first-order valence-corrected chi connectivity index (χ1v) is 6.24. The van der Waals surface area contributed by atoms with Crippen LogP contribution in [0.5, 0.6) is 5.75 Å². The molecule has 0 amide bonds. The van der Waals surface area contributed by atoms with Crippen LogP contribution in [0.1, 0.15) is 13.8 Å².